The van der Waals surface area contributed by atoms with Crippen molar-refractivity contribution in [1.82, 2.24) is 10.2 Å². The third kappa shape index (κ3) is 2.98. The van der Waals surface area contributed by atoms with E-state index < -0.39 is 6.04 Å². The van der Waals surface area contributed by atoms with Crippen LogP contribution in [0.2, 0.25) is 0 Å². The molecule has 0 spiro atoms. The maximum absolute atomic E-state index is 12.4. The Kier molecular flexibility index (Phi) is 4.38. The predicted octanol–water partition coefficient (Wildman–Crippen LogP) is -0.00910. The van der Waals surface area contributed by atoms with E-state index in [1.165, 1.54) is 0 Å². The Hall–Kier alpha value is -2.32. The average molecular weight is 272 g/mol. The number of benzene rings is 1. The number of aliphatic hydroxyl groups is 1. The van der Waals surface area contributed by atoms with E-state index in [4.69, 9.17) is 5.11 Å². The van der Waals surface area contributed by atoms with Gasteiger partial charge in [0.2, 0.25) is 5.91 Å². The molecule has 1 unspecified atom stereocenters. The molecule has 1 heterocycles. The minimum atomic E-state index is -0.469. The zero-order valence-electron chi connectivity index (χ0n) is 11.2. The van der Waals surface area contributed by atoms with E-state index in [9.17, 15) is 9.59 Å². The van der Waals surface area contributed by atoms with Crippen LogP contribution in [0, 0.1) is 11.8 Å². The van der Waals surface area contributed by atoms with E-state index in [1.807, 2.05) is 0 Å². The monoisotopic (exact) mass is 272 g/mol. The minimum Gasteiger partial charge on any atom is -0.384 e. The summed E-state index contributed by atoms with van der Waals surface area (Å²) in [5, 5.41) is 11.4. The molecule has 0 bridgehead atoms. The van der Waals surface area contributed by atoms with Gasteiger partial charge in [0, 0.05) is 24.2 Å². The molecule has 104 valence electrons. The summed E-state index contributed by atoms with van der Waals surface area (Å²) < 4.78 is 0. The molecule has 1 fully saturated rings. The molecule has 1 atom stereocenters. The predicted molar refractivity (Wildman–Crippen MR) is 73.9 cm³/mol. The molecular weight excluding hydrogens is 256 g/mol. The van der Waals surface area contributed by atoms with Crippen molar-refractivity contribution < 1.29 is 14.7 Å². The highest BCUT2D eigenvalue weighted by atomic mass is 16.2. The molecule has 1 aliphatic rings. The number of carbonyl (C=O) groups excluding carboxylic acids is 2. The molecule has 2 N–H and O–H groups in total. The number of nitrogens with zero attached hydrogens (tertiary/aromatic N) is 1. The molecule has 0 aromatic heterocycles. The first kappa shape index (κ1) is 14.1. The smallest absolute Gasteiger partial charge is 0.254 e. The van der Waals surface area contributed by atoms with Crippen molar-refractivity contribution in [2.45, 2.75) is 13.0 Å². The zero-order chi connectivity index (χ0) is 14.5. The lowest BCUT2D eigenvalue weighted by atomic mass is 10.1. The number of amides is 2. The van der Waals surface area contributed by atoms with Crippen LogP contribution in [-0.2, 0) is 4.79 Å². The van der Waals surface area contributed by atoms with Crippen molar-refractivity contribution in [3.63, 3.8) is 0 Å². The highest BCUT2D eigenvalue weighted by Crippen LogP contribution is 2.12. The van der Waals surface area contributed by atoms with E-state index in [2.05, 4.69) is 17.2 Å². The summed E-state index contributed by atoms with van der Waals surface area (Å²) in [4.78, 5) is 25.6. The molecule has 5 heteroatoms. The molecule has 2 rings (SSSR count). The van der Waals surface area contributed by atoms with Gasteiger partial charge in [-0.05, 0) is 25.1 Å². The Labute approximate surface area is 117 Å². The van der Waals surface area contributed by atoms with Gasteiger partial charge in [0.15, 0.2) is 0 Å². The van der Waals surface area contributed by atoms with Crippen molar-refractivity contribution in [2.24, 2.45) is 0 Å². The summed E-state index contributed by atoms with van der Waals surface area (Å²) in [6, 6.07) is 6.41. The van der Waals surface area contributed by atoms with Gasteiger partial charge in [0.1, 0.15) is 12.6 Å². The third-order valence-electron chi connectivity index (χ3n) is 3.18. The Morgan fingerprint density at radius 2 is 2.35 bits per heavy atom. The Morgan fingerprint density at radius 3 is 3.10 bits per heavy atom. The fourth-order valence-electron chi connectivity index (χ4n) is 2.10. The first-order chi connectivity index (χ1) is 9.63. The van der Waals surface area contributed by atoms with Gasteiger partial charge in [-0.1, -0.05) is 17.9 Å². The maximum Gasteiger partial charge on any atom is 0.254 e. The standard InChI is InChI=1S/C15H16N2O3/c1-11-14(19)16-7-8-17(11)15(20)13-6-2-4-12(10-13)5-3-9-18/h2,4,6,10-11,18H,7-9H2,1H3,(H,16,19). The molecule has 20 heavy (non-hydrogen) atoms. The minimum absolute atomic E-state index is 0.138. The summed E-state index contributed by atoms with van der Waals surface area (Å²) in [5.41, 5.74) is 1.16. The number of aliphatic hydroxyl groups excluding tert-OH is 1. The number of hydrogen-bond donors (Lipinski definition) is 2. The highest BCUT2D eigenvalue weighted by Gasteiger charge is 2.29. The van der Waals surface area contributed by atoms with Crippen LogP contribution in [-0.4, -0.2) is 47.6 Å². The topological polar surface area (TPSA) is 69.6 Å². The van der Waals surface area contributed by atoms with E-state index in [0.717, 1.165) is 0 Å². The number of piperazine rings is 1. The number of rotatable bonds is 1. The summed E-state index contributed by atoms with van der Waals surface area (Å²) in [7, 11) is 0. The van der Waals surface area contributed by atoms with Crippen LogP contribution < -0.4 is 5.32 Å². The zero-order valence-corrected chi connectivity index (χ0v) is 11.2. The van der Waals surface area contributed by atoms with E-state index in [0.29, 0.717) is 24.2 Å². The Balaban J connectivity index is 2.22. The SMILES string of the molecule is CC1C(=O)NCCN1C(=O)c1cccc(C#CCO)c1. The van der Waals surface area contributed by atoms with Crippen molar-refractivity contribution in [2.75, 3.05) is 19.7 Å². The summed E-state index contributed by atoms with van der Waals surface area (Å²) in [6.45, 7) is 2.46. The second-order valence-electron chi connectivity index (χ2n) is 4.51. The second-order valence-corrected chi connectivity index (χ2v) is 4.51. The van der Waals surface area contributed by atoms with Gasteiger partial charge >= 0.3 is 0 Å². The summed E-state index contributed by atoms with van der Waals surface area (Å²) in [5.74, 6) is 4.99. The van der Waals surface area contributed by atoms with Gasteiger partial charge < -0.3 is 15.3 Å². The summed E-state index contributed by atoms with van der Waals surface area (Å²) in [6.07, 6.45) is 0. The molecule has 1 aliphatic heterocycles. The summed E-state index contributed by atoms with van der Waals surface area (Å²) >= 11 is 0. The van der Waals surface area contributed by atoms with Gasteiger partial charge in [0.25, 0.3) is 5.91 Å². The molecule has 1 aromatic rings. The molecule has 0 radical (unpaired) electrons. The fourth-order valence-corrected chi connectivity index (χ4v) is 2.10. The van der Waals surface area contributed by atoms with Crippen LogP contribution >= 0.6 is 0 Å². The van der Waals surface area contributed by atoms with Crippen LogP contribution in [0.25, 0.3) is 0 Å². The van der Waals surface area contributed by atoms with Crippen molar-refractivity contribution in [1.29, 1.82) is 0 Å². The number of carbonyl (C=O) groups is 2. The van der Waals surface area contributed by atoms with Crippen LogP contribution in [0.5, 0.6) is 0 Å². The van der Waals surface area contributed by atoms with Crippen molar-refractivity contribution >= 4 is 11.8 Å². The first-order valence-corrected chi connectivity index (χ1v) is 6.42. The quantitative estimate of drug-likeness (QED) is 0.707. The molecule has 0 saturated carbocycles. The van der Waals surface area contributed by atoms with Gasteiger partial charge in [-0.25, -0.2) is 0 Å². The molecule has 0 aliphatic carbocycles. The lowest BCUT2D eigenvalue weighted by Crippen LogP contribution is -2.55. The second kappa shape index (κ2) is 6.22. The van der Waals surface area contributed by atoms with E-state index >= 15 is 0 Å². The third-order valence-corrected chi connectivity index (χ3v) is 3.18. The van der Waals surface area contributed by atoms with Crippen LogP contribution in [0.3, 0.4) is 0 Å². The van der Waals surface area contributed by atoms with Crippen LogP contribution in [0.1, 0.15) is 22.8 Å². The van der Waals surface area contributed by atoms with Gasteiger partial charge in [-0.15, -0.1) is 0 Å². The fraction of sp³-hybridized carbons (Fsp3) is 0.333. The molecular formula is C15H16N2O3. The lowest BCUT2D eigenvalue weighted by molar-refractivity contribution is -0.127. The molecule has 5 nitrogen and oxygen atoms in total. The van der Waals surface area contributed by atoms with Crippen LogP contribution in [0.4, 0.5) is 0 Å². The van der Waals surface area contributed by atoms with E-state index in [-0.39, 0.29) is 18.4 Å². The molecule has 1 saturated heterocycles. The van der Waals surface area contributed by atoms with Crippen molar-refractivity contribution in [3.8, 4) is 11.8 Å². The highest BCUT2D eigenvalue weighted by molar-refractivity contribution is 5.98. The molecule has 2 amide bonds. The normalized spacial score (nSPS) is 18.0. The Bertz CT molecular complexity index is 586. The van der Waals surface area contributed by atoms with Gasteiger partial charge in [0.05, 0.1) is 0 Å². The first-order valence-electron chi connectivity index (χ1n) is 6.42. The Morgan fingerprint density at radius 1 is 1.55 bits per heavy atom. The van der Waals surface area contributed by atoms with Crippen molar-refractivity contribution in [3.05, 3.63) is 35.4 Å². The van der Waals surface area contributed by atoms with Gasteiger partial charge in [-0.2, -0.15) is 0 Å². The largest absolute Gasteiger partial charge is 0.384 e. The maximum atomic E-state index is 12.4. The number of nitrogens with one attached hydrogen (secondary N) is 1. The van der Waals surface area contributed by atoms with Gasteiger partial charge in [-0.3, -0.25) is 9.59 Å². The number of hydrogen-bond acceptors (Lipinski definition) is 3. The van der Waals surface area contributed by atoms with E-state index in [1.54, 1.807) is 36.1 Å². The average Bonchev–Trinajstić information content (AvgIpc) is 2.47. The van der Waals surface area contributed by atoms with Crippen LogP contribution in [0.15, 0.2) is 24.3 Å². The lowest BCUT2D eigenvalue weighted by Gasteiger charge is -2.32. The molecule has 1 aromatic carbocycles.